The fourth-order valence-electron chi connectivity index (χ4n) is 1.08. The maximum absolute atomic E-state index is 10.7. The maximum Gasteiger partial charge on any atom is 0.335 e. The number of thiol groups is 1. The van der Waals surface area contributed by atoms with Crippen LogP contribution >= 0.6 is 28.6 Å². The van der Waals surface area contributed by atoms with Crippen molar-refractivity contribution in [2.75, 3.05) is 5.75 Å². The molecule has 0 amide bonds. The number of allylic oxidation sites excluding steroid dienone is 1. The number of aromatic carboxylic acids is 1. The van der Waals surface area contributed by atoms with Gasteiger partial charge in [-0.2, -0.15) is 12.6 Å². The normalized spacial score (nSPS) is 10.8. The van der Waals surface area contributed by atoms with Crippen LogP contribution in [0.4, 0.5) is 0 Å². The van der Waals surface area contributed by atoms with Gasteiger partial charge in [0.2, 0.25) is 0 Å². The first-order valence-corrected chi connectivity index (χ1v) is 5.88. The molecule has 15 heavy (non-hydrogen) atoms. The van der Waals surface area contributed by atoms with Crippen molar-refractivity contribution in [1.82, 2.24) is 0 Å². The Morgan fingerprint density at radius 1 is 1.53 bits per heavy atom. The topological polar surface area (TPSA) is 37.3 Å². The van der Waals surface area contributed by atoms with E-state index in [4.69, 9.17) is 5.11 Å². The second kappa shape index (κ2) is 5.98. The van der Waals surface area contributed by atoms with E-state index in [0.29, 0.717) is 0 Å². The van der Waals surface area contributed by atoms with Crippen LogP contribution in [-0.2, 0) is 0 Å². The van der Waals surface area contributed by atoms with Gasteiger partial charge in [0.1, 0.15) is 0 Å². The average molecular weight is 287 g/mol. The highest BCUT2D eigenvalue weighted by Gasteiger charge is 2.04. The Labute approximate surface area is 103 Å². The summed E-state index contributed by atoms with van der Waals surface area (Å²) in [5, 5.41) is 8.77. The van der Waals surface area contributed by atoms with E-state index in [0.717, 1.165) is 22.2 Å². The second-order valence-electron chi connectivity index (χ2n) is 2.96. The molecule has 1 aromatic rings. The molecule has 0 aromatic heterocycles. The molecule has 0 aliphatic rings. The zero-order valence-corrected chi connectivity index (χ0v) is 10.5. The quantitative estimate of drug-likeness (QED) is 0.832. The van der Waals surface area contributed by atoms with Gasteiger partial charge in [-0.1, -0.05) is 34.1 Å². The third-order valence-electron chi connectivity index (χ3n) is 1.84. The third kappa shape index (κ3) is 3.72. The van der Waals surface area contributed by atoms with E-state index in [9.17, 15) is 4.79 Å². The first kappa shape index (κ1) is 12.3. The van der Waals surface area contributed by atoms with Gasteiger partial charge < -0.3 is 5.11 Å². The van der Waals surface area contributed by atoms with Crippen LogP contribution in [0.15, 0.2) is 28.7 Å². The summed E-state index contributed by atoms with van der Waals surface area (Å²) < 4.78 is 0.790. The summed E-state index contributed by atoms with van der Waals surface area (Å²) in [6.45, 7) is 0. The van der Waals surface area contributed by atoms with Crippen LogP contribution in [0, 0.1) is 0 Å². The van der Waals surface area contributed by atoms with Crippen LogP contribution in [0.1, 0.15) is 22.3 Å². The summed E-state index contributed by atoms with van der Waals surface area (Å²) in [6.07, 6.45) is 4.86. The number of carbonyl (C=O) groups is 1. The van der Waals surface area contributed by atoms with E-state index in [1.165, 1.54) is 0 Å². The number of carboxylic acids is 1. The molecule has 0 spiro atoms. The molecular weight excluding hydrogens is 276 g/mol. The van der Waals surface area contributed by atoms with Crippen molar-refractivity contribution >= 4 is 40.6 Å². The molecule has 0 heterocycles. The van der Waals surface area contributed by atoms with Crippen LogP contribution in [0.5, 0.6) is 0 Å². The summed E-state index contributed by atoms with van der Waals surface area (Å²) in [4.78, 5) is 10.7. The van der Waals surface area contributed by atoms with Gasteiger partial charge >= 0.3 is 5.97 Å². The largest absolute Gasteiger partial charge is 0.478 e. The lowest BCUT2D eigenvalue weighted by Gasteiger charge is -2.00. The fourth-order valence-corrected chi connectivity index (χ4v) is 1.74. The Morgan fingerprint density at radius 2 is 2.27 bits per heavy atom. The molecule has 0 saturated carbocycles. The van der Waals surface area contributed by atoms with Gasteiger partial charge in [0.25, 0.3) is 0 Å². The Kier molecular flexibility index (Phi) is 4.91. The van der Waals surface area contributed by atoms with Gasteiger partial charge in [-0.3, -0.25) is 0 Å². The molecule has 0 atom stereocenters. The minimum Gasteiger partial charge on any atom is -0.478 e. The van der Waals surface area contributed by atoms with Crippen molar-refractivity contribution in [1.29, 1.82) is 0 Å². The monoisotopic (exact) mass is 286 g/mol. The molecule has 4 heteroatoms. The number of halogens is 1. The van der Waals surface area contributed by atoms with E-state index in [1.807, 2.05) is 12.2 Å². The van der Waals surface area contributed by atoms with Crippen LogP contribution < -0.4 is 0 Å². The van der Waals surface area contributed by atoms with E-state index >= 15 is 0 Å². The molecule has 1 aromatic carbocycles. The minimum absolute atomic E-state index is 0.285. The van der Waals surface area contributed by atoms with Crippen molar-refractivity contribution < 1.29 is 9.90 Å². The van der Waals surface area contributed by atoms with E-state index in [-0.39, 0.29) is 5.56 Å². The number of carboxylic acid groups (broad SMARTS) is 1. The highest BCUT2D eigenvalue weighted by atomic mass is 79.9. The molecule has 2 nitrogen and oxygen atoms in total. The number of rotatable bonds is 4. The number of hydrogen-bond acceptors (Lipinski definition) is 2. The molecule has 0 aliphatic heterocycles. The summed E-state index contributed by atoms with van der Waals surface area (Å²) in [7, 11) is 0. The Balaban J connectivity index is 2.88. The van der Waals surface area contributed by atoms with Gasteiger partial charge in [-0.05, 0) is 29.9 Å². The predicted molar refractivity (Wildman–Crippen MR) is 68.6 cm³/mol. The molecular formula is C11H11BrO2S. The molecule has 0 fully saturated rings. The standard InChI is InChI=1S/C11H11BrO2S/c12-10-7-9(11(13)14)5-4-8(10)3-1-2-6-15/h1,3-5,7,15H,2,6H2,(H,13,14). The lowest BCUT2D eigenvalue weighted by molar-refractivity contribution is 0.0697. The van der Waals surface area contributed by atoms with Gasteiger partial charge in [0, 0.05) is 4.47 Å². The summed E-state index contributed by atoms with van der Waals surface area (Å²) in [6, 6.07) is 4.97. The lowest BCUT2D eigenvalue weighted by atomic mass is 10.1. The smallest absolute Gasteiger partial charge is 0.335 e. The average Bonchev–Trinajstić information content (AvgIpc) is 2.20. The van der Waals surface area contributed by atoms with Crippen molar-refractivity contribution in [3.63, 3.8) is 0 Å². The second-order valence-corrected chi connectivity index (χ2v) is 4.26. The summed E-state index contributed by atoms with van der Waals surface area (Å²) in [5.41, 5.74) is 1.26. The van der Waals surface area contributed by atoms with Gasteiger partial charge in [-0.25, -0.2) is 4.79 Å². The Bertz CT molecular complexity index is 388. The fraction of sp³-hybridized carbons (Fsp3) is 0.182. The summed E-state index contributed by atoms with van der Waals surface area (Å²) in [5.74, 6) is -0.108. The molecule has 0 radical (unpaired) electrons. The van der Waals surface area contributed by atoms with Crippen molar-refractivity contribution in [2.24, 2.45) is 0 Å². The highest BCUT2D eigenvalue weighted by Crippen LogP contribution is 2.20. The van der Waals surface area contributed by atoms with Crippen molar-refractivity contribution in [2.45, 2.75) is 6.42 Å². The molecule has 80 valence electrons. The van der Waals surface area contributed by atoms with Crippen molar-refractivity contribution in [3.8, 4) is 0 Å². The van der Waals surface area contributed by atoms with Crippen LogP contribution in [-0.4, -0.2) is 16.8 Å². The molecule has 0 bridgehead atoms. The lowest BCUT2D eigenvalue weighted by Crippen LogP contribution is -1.95. The van der Waals surface area contributed by atoms with Crippen LogP contribution in [0.25, 0.3) is 6.08 Å². The summed E-state index contributed by atoms with van der Waals surface area (Å²) >= 11 is 7.43. The zero-order valence-electron chi connectivity index (χ0n) is 7.98. The Hall–Kier alpha value is -0.740. The molecule has 1 rings (SSSR count). The SMILES string of the molecule is O=C(O)c1ccc(C=CCCS)c(Br)c1. The van der Waals surface area contributed by atoms with Gasteiger partial charge in [-0.15, -0.1) is 0 Å². The molecule has 0 aliphatic carbocycles. The maximum atomic E-state index is 10.7. The molecule has 1 N–H and O–H groups in total. The van der Waals surface area contributed by atoms with Crippen LogP contribution in [0.2, 0.25) is 0 Å². The Morgan fingerprint density at radius 3 is 2.80 bits per heavy atom. The zero-order chi connectivity index (χ0) is 11.3. The van der Waals surface area contributed by atoms with Crippen LogP contribution in [0.3, 0.4) is 0 Å². The van der Waals surface area contributed by atoms with Crippen molar-refractivity contribution in [3.05, 3.63) is 39.9 Å². The minimum atomic E-state index is -0.915. The van der Waals surface area contributed by atoms with E-state index < -0.39 is 5.97 Å². The first-order valence-electron chi connectivity index (χ1n) is 4.45. The third-order valence-corrected chi connectivity index (χ3v) is 2.79. The predicted octanol–water partition coefficient (Wildman–Crippen LogP) is 3.48. The van der Waals surface area contributed by atoms with Gasteiger partial charge in [0.05, 0.1) is 5.56 Å². The van der Waals surface area contributed by atoms with Gasteiger partial charge in [0.15, 0.2) is 0 Å². The van der Waals surface area contributed by atoms with E-state index in [2.05, 4.69) is 28.6 Å². The number of benzene rings is 1. The van der Waals surface area contributed by atoms with E-state index in [1.54, 1.807) is 18.2 Å². The molecule has 0 unspecified atom stereocenters. The number of hydrogen-bond donors (Lipinski definition) is 2. The highest BCUT2D eigenvalue weighted by molar-refractivity contribution is 9.10. The molecule has 0 saturated heterocycles. The first-order chi connectivity index (χ1) is 7.15.